The van der Waals surface area contributed by atoms with Gasteiger partial charge in [0.05, 0.1) is 18.5 Å². The van der Waals surface area contributed by atoms with E-state index in [1.807, 2.05) is 24.4 Å². The second-order valence-electron chi connectivity index (χ2n) is 6.04. The first kappa shape index (κ1) is 14.6. The van der Waals surface area contributed by atoms with Crippen LogP contribution < -0.4 is 10.2 Å². The van der Waals surface area contributed by atoms with E-state index in [-0.39, 0.29) is 5.54 Å². The lowest BCUT2D eigenvalue weighted by Crippen LogP contribution is -2.35. The first-order chi connectivity index (χ1) is 9.44. The summed E-state index contributed by atoms with van der Waals surface area (Å²) >= 11 is 0. The Kier molecular flexibility index (Phi) is 4.45. The SMILES string of the molecule is CN(Cc1ccco1)c1ccnc(CNC(C)(C)C)c1. The number of furan rings is 1. The maximum atomic E-state index is 5.38. The minimum absolute atomic E-state index is 0.0950. The predicted octanol–water partition coefficient (Wildman–Crippen LogP) is 3.20. The van der Waals surface area contributed by atoms with Gasteiger partial charge in [-0.3, -0.25) is 4.98 Å². The molecule has 0 radical (unpaired) electrons. The zero-order valence-electron chi connectivity index (χ0n) is 12.7. The smallest absolute Gasteiger partial charge is 0.123 e. The second kappa shape index (κ2) is 6.09. The number of anilines is 1. The molecule has 1 N–H and O–H groups in total. The molecule has 108 valence electrons. The van der Waals surface area contributed by atoms with E-state index in [0.717, 1.165) is 30.2 Å². The molecule has 4 heteroatoms. The van der Waals surface area contributed by atoms with E-state index in [4.69, 9.17) is 4.42 Å². The molecule has 20 heavy (non-hydrogen) atoms. The number of hydrogen-bond acceptors (Lipinski definition) is 4. The second-order valence-corrected chi connectivity index (χ2v) is 6.04. The first-order valence-corrected chi connectivity index (χ1v) is 6.87. The summed E-state index contributed by atoms with van der Waals surface area (Å²) in [5.74, 6) is 0.957. The van der Waals surface area contributed by atoms with Crippen molar-refractivity contribution >= 4 is 5.69 Å². The van der Waals surface area contributed by atoms with Crippen LogP contribution in [-0.2, 0) is 13.1 Å². The summed E-state index contributed by atoms with van der Waals surface area (Å²) in [6.45, 7) is 7.98. The highest BCUT2D eigenvalue weighted by Gasteiger charge is 2.10. The van der Waals surface area contributed by atoms with Gasteiger partial charge in [-0.25, -0.2) is 0 Å². The van der Waals surface area contributed by atoms with Crippen molar-refractivity contribution in [3.63, 3.8) is 0 Å². The van der Waals surface area contributed by atoms with Gasteiger partial charge in [-0.1, -0.05) is 0 Å². The molecule has 0 fully saturated rings. The third kappa shape index (κ3) is 4.38. The van der Waals surface area contributed by atoms with Crippen LogP contribution in [0.25, 0.3) is 0 Å². The maximum absolute atomic E-state index is 5.38. The fraction of sp³-hybridized carbons (Fsp3) is 0.438. The zero-order chi connectivity index (χ0) is 14.6. The Morgan fingerprint density at radius 2 is 2.10 bits per heavy atom. The Morgan fingerprint density at radius 1 is 1.30 bits per heavy atom. The molecule has 0 aliphatic carbocycles. The van der Waals surface area contributed by atoms with Crippen molar-refractivity contribution in [2.24, 2.45) is 0 Å². The number of pyridine rings is 1. The monoisotopic (exact) mass is 273 g/mol. The van der Waals surface area contributed by atoms with Gasteiger partial charge in [0.25, 0.3) is 0 Å². The van der Waals surface area contributed by atoms with Crippen LogP contribution in [0.2, 0.25) is 0 Å². The third-order valence-corrected chi connectivity index (χ3v) is 3.01. The molecule has 2 aromatic rings. The zero-order valence-corrected chi connectivity index (χ0v) is 12.7. The van der Waals surface area contributed by atoms with Crippen molar-refractivity contribution in [1.29, 1.82) is 0 Å². The molecular formula is C16H23N3O. The average Bonchev–Trinajstić information content (AvgIpc) is 2.89. The molecule has 0 unspecified atom stereocenters. The molecule has 0 amide bonds. The Labute approximate surface area is 120 Å². The van der Waals surface area contributed by atoms with E-state index in [1.54, 1.807) is 6.26 Å². The number of nitrogens with zero attached hydrogens (tertiary/aromatic N) is 2. The quantitative estimate of drug-likeness (QED) is 0.908. The van der Waals surface area contributed by atoms with Crippen LogP contribution in [0.1, 0.15) is 32.2 Å². The Morgan fingerprint density at radius 3 is 2.75 bits per heavy atom. The molecule has 2 aromatic heterocycles. The summed E-state index contributed by atoms with van der Waals surface area (Å²) in [5.41, 5.74) is 2.28. The van der Waals surface area contributed by atoms with Crippen molar-refractivity contribution in [2.75, 3.05) is 11.9 Å². The lowest BCUT2D eigenvalue weighted by atomic mass is 10.1. The average molecular weight is 273 g/mol. The van der Waals surface area contributed by atoms with E-state index in [2.05, 4.69) is 49.1 Å². The minimum atomic E-state index is 0.0950. The first-order valence-electron chi connectivity index (χ1n) is 6.87. The van der Waals surface area contributed by atoms with Crippen molar-refractivity contribution < 1.29 is 4.42 Å². The van der Waals surface area contributed by atoms with Crippen LogP contribution in [0.3, 0.4) is 0 Å². The highest BCUT2D eigenvalue weighted by Crippen LogP contribution is 2.16. The lowest BCUT2D eigenvalue weighted by molar-refractivity contribution is 0.421. The molecular weight excluding hydrogens is 250 g/mol. The van der Waals surface area contributed by atoms with Crippen LogP contribution in [0.5, 0.6) is 0 Å². The molecule has 0 bridgehead atoms. The van der Waals surface area contributed by atoms with Gasteiger partial charge in [-0.05, 0) is 45.0 Å². The number of rotatable bonds is 5. The summed E-state index contributed by atoms with van der Waals surface area (Å²) in [7, 11) is 2.05. The van der Waals surface area contributed by atoms with Gasteiger partial charge in [0.1, 0.15) is 5.76 Å². The molecule has 0 atom stereocenters. The van der Waals surface area contributed by atoms with Gasteiger partial charge in [-0.15, -0.1) is 0 Å². The maximum Gasteiger partial charge on any atom is 0.123 e. The predicted molar refractivity (Wildman–Crippen MR) is 81.6 cm³/mol. The summed E-state index contributed by atoms with van der Waals surface area (Å²) in [6.07, 6.45) is 3.56. The van der Waals surface area contributed by atoms with E-state index >= 15 is 0 Å². The Bertz CT molecular complexity index is 529. The molecule has 0 aliphatic heterocycles. The van der Waals surface area contributed by atoms with E-state index in [1.165, 1.54) is 0 Å². The largest absolute Gasteiger partial charge is 0.467 e. The molecule has 0 aromatic carbocycles. The van der Waals surface area contributed by atoms with E-state index in [9.17, 15) is 0 Å². The summed E-state index contributed by atoms with van der Waals surface area (Å²) < 4.78 is 5.38. The fourth-order valence-electron chi connectivity index (χ4n) is 1.88. The Hall–Kier alpha value is -1.81. The van der Waals surface area contributed by atoms with Crippen molar-refractivity contribution in [3.05, 3.63) is 48.2 Å². The van der Waals surface area contributed by atoms with Crippen molar-refractivity contribution in [1.82, 2.24) is 10.3 Å². The van der Waals surface area contributed by atoms with Gasteiger partial charge in [0.15, 0.2) is 0 Å². The standard InChI is InChI=1S/C16H23N3O/c1-16(2,3)18-11-13-10-14(7-8-17-13)19(4)12-15-6-5-9-20-15/h5-10,18H,11-12H2,1-4H3. The minimum Gasteiger partial charge on any atom is -0.467 e. The van der Waals surface area contributed by atoms with Crippen LogP contribution in [0.15, 0.2) is 41.1 Å². The molecule has 0 saturated heterocycles. The van der Waals surface area contributed by atoms with E-state index < -0.39 is 0 Å². The number of hydrogen-bond donors (Lipinski definition) is 1. The number of aromatic nitrogens is 1. The molecule has 4 nitrogen and oxygen atoms in total. The van der Waals surface area contributed by atoms with Gasteiger partial charge in [0, 0.05) is 31.0 Å². The molecule has 2 rings (SSSR count). The summed E-state index contributed by atoms with van der Waals surface area (Å²) in [6, 6.07) is 8.03. The highest BCUT2D eigenvalue weighted by molar-refractivity contribution is 5.45. The van der Waals surface area contributed by atoms with Crippen LogP contribution in [0.4, 0.5) is 5.69 Å². The molecule has 0 saturated carbocycles. The summed E-state index contributed by atoms with van der Waals surface area (Å²) in [5, 5.41) is 3.45. The van der Waals surface area contributed by atoms with Crippen LogP contribution in [0, 0.1) is 0 Å². The van der Waals surface area contributed by atoms with Gasteiger partial charge >= 0.3 is 0 Å². The summed E-state index contributed by atoms with van der Waals surface area (Å²) in [4.78, 5) is 6.56. The van der Waals surface area contributed by atoms with Gasteiger partial charge < -0.3 is 14.6 Å². The van der Waals surface area contributed by atoms with Crippen LogP contribution in [-0.4, -0.2) is 17.6 Å². The number of nitrogens with one attached hydrogen (secondary N) is 1. The topological polar surface area (TPSA) is 41.3 Å². The lowest BCUT2D eigenvalue weighted by Gasteiger charge is -2.21. The van der Waals surface area contributed by atoms with Crippen molar-refractivity contribution in [3.8, 4) is 0 Å². The molecule has 0 aliphatic rings. The molecule has 2 heterocycles. The molecule has 0 spiro atoms. The third-order valence-electron chi connectivity index (χ3n) is 3.01. The normalized spacial score (nSPS) is 11.6. The highest BCUT2D eigenvalue weighted by atomic mass is 16.3. The Balaban J connectivity index is 2.01. The van der Waals surface area contributed by atoms with Gasteiger partial charge in [0.2, 0.25) is 0 Å². The van der Waals surface area contributed by atoms with E-state index in [0.29, 0.717) is 0 Å². The van der Waals surface area contributed by atoms with Crippen molar-refractivity contribution in [2.45, 2.75) is 39.4 Å². The fourth-order valence-corrected chi connectivity index (χ4v) is 1.88. The van der Waals surface area contributed by atoms with Crippen LogP contribution >= 0.6 is 0 Å². The van der Waals surface area contributed by atoms with Gasteiger partial charge in [-0.2, -0.15) is 0 Å².